The molecule has 1 atom stereocenters. The number of aromatic nitrogens is 3. The van der Waals surface area contributed by atoms with Crippen molar-refractivity contribution in [3.05, 3.63) is 41.7 Å². The first-order chi connectivity index (χ1) is 14.9. The topological polar surface area (TPSA) is 117 Å². The van der Waals surface area contributed by atoms with Crippen LogP contribution in [0.1, 0.15) is 26.2 Å². The SMILES string of the molecule is CC(CC(N)=O)C(=O)N1CCC(Nc2ncc(Cl)c(-c3c[nH]c4ccccc34)n2)CC1. The van der Waals surface area contributed by atoms with E-state index in [1.165, 1.54) is 0 Å². The summed E-state index contributed by atoms with van der Waals surface area (Å²) in [5.74, 6) is -0.359. The van der Waals surface area contributed by atoms with E-state index in [0.717, 1.165) is 29.3 Å². The standard InChI is InChI=1S/C22H25ClN6O2/c1-13(10-19(24)30)21(31)29-8-6-14(7-9-29)27-22-26-12-17(23)20(28-22)16-11-25-18-5-3-2-4-15(16)18/h2-5,11-14,25H,6-10H2,1H3,(H2,24,30)(H,26,27,28). The summed E-state index contributed by atoms with van der Waals surface area (Å²) >= 11 is 6.41. The van der Waals surface area contributed by atoms with Crippen molar-refractivity contribution in [2.75, 3.05) is 18.4 Å². The molecule has 0 radical (unpaired) electrons. The predicted octanol–water partition coefficient (Wildman–Crippen LogP) is 3.19. The Hall–Kier alpha value is -3.13. The highest BCUT2D eigenvalue weighted by Crippen LogP contribution is 2.32. The zero-order valence-corrected chi connectivity index (χ0v) is 18.0. The molecular formula is C22H25ClN6O2. The molecule has 0 aliphatic carbocycles. The summed E-state index contributed by atoms with van der Waals surface area (Å²) in [6.07, 6.45) is 5.12. The number of hydrogen-bond donors (Lipinski definition) is 3. The molecule has 1 unspecified atom stereocenters. The van der Waals surface area contributed by atoms with E-state index < -0.39 is 5.91 Å². The molecule has 2 amide bonds. The van der Waals surface area contributed by atoms with E-state index in [-0.39, 0.29) is 24.3 Å². The number of nitrogens with two attached hydrogens (primary N) is 1. The van der Waals surface area contributed by atoms with Gasteiger partial charge in [-0.15, -0.1) is 0 Å². The van der Waals surface area contributed by atoms with E-state index >= 15 is 0 Å². The largest absolute Gasteiger partial charge is 0.370 e. The normalized spacial score (nSPS) is 15.7. The van der Waals surface area contributed by atoms with Crippen LogP contribution in [0, 0.1) is 5.92 Å². The summed E-state index contributed by atoms with van der Waals surface area (Å²) in [6.45, 7) is 2.97. The van der Waals surface area contributed by atoms with Gasteiger partial charge in [0.1, 0.15) is 0 Å². The summed E-state index contributed by atoms with van der Waals surface area (Å²) in [5.41, 5.74) is 7.83. The van der Waals surface area contributed by atoms with Crippen LogP contribution in [0.15, 0.2) is 36.7 Å². The second-order valence-corrected chi connectivity index (χ2v) is 8.36. The average molecular weight is 441 g/mol. The molecule has 2 aromatic heterocycles. The minimum Gasteiger partial charge on any atom is -0.370 e. The number of para-hydroxylation sites is 1. The number of nitrogens with zero attached hydrogens (tertiary/aromatic N) is 3. The van der Waals surface area contributed by atoms with E-state index in [2.05, 4.69) is 20.3 Å². The molecule has 4 N–H and O–H groups in total. The zero-order valence-electron chi connectivity index (χ0n) is 17.3. The number of likely N-dealkylation sites (tertiary alicyclic amines) is 1. The molecule has 162 valence electrons. The number of anilines is 1. The fourth-order valence-electron chi connectivity index (χ4n) is 4.02. The summed E-state index contributed by atoms with van der Waals surface area (Å²) in [4.78, 5) is 37.6. The van der Waals surface area contributed by atoms with Crippen LogP contribution in [0.5, 0.6) is 0 Å². The van der Waals surface area contributed by atoms with Crippen molar-refractivity contribution >= 4 is 40.3 Å². The molecule has 1 aromatic carbocycles. The zero-order chi connectivity index (χ0) is 22.0. The number of carbonyl (C=O) groups is 2. The van der Waals surface area contributed by atoms with Gasteiger partial charge in [0.15, 0.2) is 0 Å². The number of primary amides is 1. The van der Waals surface area contributed by atoms with Gasteiger partial charge in [0.2, 0.25) is 17.8 Å². The van der Waals surface area contributed by atoms with Crippen LogP contribution in [0.4, 0.5) is 5.95 Å². The molecule has 1 fully saturated rings. The van der Waals surface area contributed by atoms with Crippen molar-refractivity contribution in [2.45, 2.75) is 32.2 Å². The predicted molar refractivity (Wildman–Crippen MR) is 121 cm³/mol. The summed E-state index contributed by atoms with van der Waals surface area (Å²) in [5, 5.41) is 4.91. The molecule has 0 saturated carbocycles. The van der Waals surface area contributed by atoms with E-state index in [9.17, 15) is 9.59 Å². The van der Waals surface area contributed by atoms with Crippen LogP contribution < -0.4 is 11.1 Å². The van der Waals surface area contributed by atoms with Crippen LogP contribution in [0.25, 0.3) is 22.2 Å². The number of benzene rings is 1. The highest BCUT2D eigenvalue weighted by molar-refractivity contribution is 6.33. The van der Waals surface area contributed by atoms with Gasteiger partial charge >= 0.3 is 0 Å². The maximum absolute atomic E-state index is 12.5. The molecule has 3 heterocycles. The van der Waals surface area contributed by atoms with Crippen molar-refractivity contribution in [1.82, 2.24) is 19.9 Å². The molecule has 3 aromatic rings. The fraction of sp³-hybridized carbons (Fsp3) is 0.364. The molecule has 4 rings (SSSR count). The van der Waals surface area contributed by atoms with Crippen molar-refractivity contribution in [3.8, 4) is 11.3 Å². The Bertz CT molecular complexity index is 1110. The van der Waals surface area contributed by atoms with Crippen molar-refractivity contribution < 1.29 is 9.59 Å². The molecular weight excluding hydrogens is 416 g/mol. The smallest absolute Gasteiger partial charge is 0.225 e. The molecule has 1 aliphatic rings. The molecule has 0 spiro atoms. The number of nitrogens with one attached hydrogen (secondary N) is 2. The highest BCUT2D eigenvalue weighted by atomic mass is 35.5. The van der Waals surface area contributed by atoms with Crippen LogP contribution in [-0.4, -0.2) is 50.8 Å². The lowest BCUT2D eigenvalue weighted by Crippen LogP contribution is -2.45. The number of amides is 2. The number of hydrogen-bond acceptors (Lipinski definition) is 5. The molecule has 1 aliphatic heterocycles. The lowest BCUT2D eigenvalue weighted by atomic mass is 10.0. The van der Waals surface area contributed by atoms with Gasteiger partial charge in [0.05, 0.1) is 16.9 Å². The van der Waals surface area contributed by atoms with Gasteiger partial charge in [0.25, 0.3) is 0 Å². The van der Waals surface area contributed by atoms with Gasteiger partial charge in [-0.05, 0) is 18.9 Å². The quantitative estimate of drug-likeness (QED) is 0.544. The van der Waals surface area contributed by atoms with Gasteiger partial charge in [-0.25, -0.2) is 9.97 Å². The fourth-order valence-corrected chi connectivity index (χ4v) is 4.21. The third-order valence-electron chi connectivity index (χ3n) is 5.66. The number of piperidine rings is 1. The Morgan fingerprint density at radius 3 is 2.81 bits per heavy atom. The number of halogens is 1. The lowest BCUT2D eigenvalue weighted by Gasteiger charge is -2.33. The van der Waals surface area contributed by atoms with E-state index in [1.54, 1.807) is 18.0 Å². The van der Waals surface area contributed by atoms with Crippen molar-refractivity contribution in [3.63, 3.8) is 0 Å². The molecule has 1 saturated heterocycles. The lowest BCUT2D eigenvalue weighted by molar-refractivity contribution is -0.138. The van der Waals surface area contributed by atoms with E-state index in [0.29, 0.717) is 29.8 Å². The first kappa shape index (κ1) is 21.1. The van der Waals surface area contributed by atoms with Crippen molar-refractivity contribution in [1.29, 1.82) is 0 Å². The van der Waals surface area contributed by atoms with Gasteiger partial charge in [-0.1, -0.05) is 36.7 Å². The second kappa shape index (κ2) is 8.93. The maximum Gasteiger partial charge on any atom is 0.225 e. The minimum atomic E-state index is -0.455. The Morgan fingerprint density at radius 2 is 2.06 bits per heavy atom. The van der Waals surface area contributed by atoms with Crippen LogP contribution >= 0.6 is 11.6 Å². The Labute approximate surface area is 185 Å². The van der Waals surface area contributed by atoms with Crippen molar-refractivity contribution in [2.24, 2.45) is 11.7 Å². The molecule has 31 heavy (non-hydrogen) atoms. The third kappa shape index (κ3) is 4.64. The Kier molecular flexibility index (Phi) is 6.08. The van der Waals surface area contributed by atoms with Crippen LogP contribution in [0.2, 0.25) is 5.02 Å². The van der Waals surface area contributed by atoms with Gasteiger partial charge in [-0.2, -0.15) is 0 Å². The monoisotopic (exact) mass is 440 g/mol. The molecule has 8 nitrogen and oxygen atoms in total. The first-order valence-corrected chi connectivity index (χ1v) is 10.7. The number of rotatable bonds is 6. The number of fused-ring (bicyclic) bond motifs is 1. The Balaban J connectivity index is 1.43. The second-order valence-electron chi connectivity index (χ2n) is 7.95. The first-order valence-electron chi connectivity index (χ1n) is 10.3. The van der Waals surface area contributed by atoms with Gasteiger partial charge < -0.3 is 20.9 Å². The minimum absolute atomic E-state index is 0.0263. The summed E-state index contributed by atoms with van der Waals surface area (Å²) in [7, 11) is 0. The third-order valence-corrected chi connectivity index (χ3v) is 5.93. The maximum atomic E-state index is 12.5. The number of H-pyrrole nitrogens is 1. The number of aromatic amines is 1. The molecule has 9 heteroatoms. The average Bonchev–Trinajstić information content (AvgIpc) is 3.18. The summed E-state index contributed by atoms with van der Waals surface area (Å²) in [6, 6.07) is 8.13. The Morgan fingerprint density at radius 1 is 1.32 bits per heavy atom. The highest BCUT2D eigenvalue weighted by Gasteiger charge is 2.27. The van der Waals surface area contributed by atoms with E-state index in [1.807, 2.05) is 30.5 Å². The van der Waals surface area contributed by atoms with E-state index in [4.69, 9.17) is 17.3 Å². The van der Waals surface area contributed by atoms with Gasteiger partial charge in [0, 0.05) is 54.1 Å². The van der Waals surface area contributed by atoms with Gasteiger partial charge in [-0.3, -0.25) is 9.59 Å². The van der Waals surface area contributed by atoms with Crippen LogP contribution in [0.3, 0.4) is 0 Å². The summed E-state index contributed by atoms with van der Waals surface area (Å²) < 4.78 is 0. The van der Waals surface area contributed by atoms with Crippen LogP contribution in [-0.2, 0) is 9.59 Å². The molecule has 0 bridgehead atoms. The number of carbonyl (C=O) groups excluding carboxylic acids is 2.